The molecule has 12 heteroatoms. The predicted molar refractivity (Wildman–Crippen MR) is 155 cm³/mol. The van der Waals surface area contributed by atoms with E-state index in [0.29, 0.717) is 35.5 Å². The smallest absolute Gasteiger partial charge is 0.338 e. The van der Waals surface area contributed by atoms with E-state index in [4.69, 9.17) is 4.98 Å². The van der Waals surface area contributed by atoms with E-state index >= 15 is 0 Å². The van der Waals surface area contributed by atoms with Gasteiger partial charge in [-0.1, -0.05) is 42.4 Å². The van der Waals surface area contributed by atoms with Gasteiger partial charge in [-0.25, -0.2) is 4.98 Å². The molecule has 0 bridgehead atoms. The number of alkyl halides is 3. The SMILES string of the molecule is O=C(CCNCCC(=O)N1CCc2nc(SC3CCC3)n(-c3ccccc3)c(=O)c2C1)Nc1cccc(C(F)(F)F)c1. The van der Waals surface area contributed by atoms with Crippen molar-refractivity contribution in [2.24, 2.45) is 0 Å². The van der Waals surface area contributed by atoms with Crippen molar-refractivity contribution < 1.29 is 22.8 Å². The lowest BCUT2D eigenvalue weighted by Gasteiger charge is -2.30. The molecule has 1 aliphatic carbocycles. The van der Waals surface area contributed by atoms with Crippen LogP contribution in [-0.4, -0.2) is 51.1 Å². The van der Waals surface area contributed by atoms with Gasteiger partial charge in [0.05, 0.1) is 29.1 Å². The average Bonchev–Trinajstić information content (AvgIpc) is 2.95. The minimum absolute atomic E-state index is 0.0351. The first kappa shape index (κ1) is 29.8. The van der Waals surface area contributed by atoms with Crippen molar-refractivity contribution in [2.45, 2.75) is 61.7 Å². The monoisotopic (exact) mass is 599 g/mol. The van der Waals surface area contributed by atoms with Crippen LogP contribution in [0.25, 0.3) is 5.69 Å². The Kier molecular flexibility index (Phi) is 9.32. The van der Waals surface area contributed by atoms with Crippen LogP contribution in [0.3, 0.4) is 0 Å². The van der Waals surface area contributed by atoms with Gasteiger partial charge < -0.3 is 15.5 Å². The van der Waals surface area contributed by atoms with Crippen LogP contribution >= 0.6 is 11.8 Å². The second-order valence-electron chi connectivity index (χ2n) is 10.4. The molecule has 5 rings (SSSR count). The molecule has 1 fully saturated rings. The number of aromatic nitrogens is 2. The molecule has 2 N–H and O–H groups in total. The third kappa shape index (κ3) is 7.22. The van der Waals surface area contributed by atoms with Gasteiger partial charge in [-0.2, -0.15) is 13.2 Å². The molecule has 1 saturated carbocycles. The number of fused-ring (bicyclic) bond motifs is 1. The van der Waals surface area contributed by atoms with Gasteiger partial charge in [0, 0.05) is 49.8 Å². The average molecular weight is 600 g/mol. The second-order valence-corrected chi connectivity index (χ2v) is 11.7. The zero-order valence-electron chi connectivity index (χ0n) is 23.0. The van der Waals surface area contributed by atoms with Crippen LogP contribution in [0.5, 0.6) is 0 Å². The maximum absolute atomic E-state index is 13.7. The van der Waals surface area contributed by atoms with Crippen LogP contribution < -0.4 is 16.2 Å². The number of halogens is 3. The van der Waals surface area contributed by atoms with Crippen LogP contribution in [0.1, 0.15) is 48.9 Å². The van der Waals surface area contributed by atoms with Crippen molar-refractivity contribution in [2.75, 3.05) is 25.0 Å². The predicted octanol–water partition coefficient (Wildman–Crippen LogP) is 4.79. The minimum Gasteiger partial charge on any atom is -0.338 e. The third-order valence-corrected chi connectivity index (χ3v) is 8.70. The highest BCUT2D eigenvalue weighted by Crippen LogP contribution is 2.36. The molecule has 0 atom stereocenters. The van der Waals surface area contributed by atoms with E-state index in [1.807, 2.05) is 30.3 Å². The summed E-state index contributed by atoms with van der Waals surface area (Å²) in [5.41, 5.74) is 1.14. The lowest BCUT2D eigenvalue weighted by Crippen LogP contribution is -2.42. The van der Waals surface area contributed by atoms with Crippen LogP contribution in [0, 0.1) is 0 Å². The molecule has 2 heterocycles. The molecule has 2 aliphatic rings. The molecular weight excluding hydrogens is 567 g/mol. The summed E-state index contributed by atoms with van der Waals surface area (Å²) in [5.74, 6) is -0.544. The fourth-order valence-electron chi connectivity index (χ4n) is 4.87. The first-order valence-electron chi connectivity index (χ1n) is 14.0. The Labute approximate surface area is 245 Å². The van der Waals surface area contributed by atoms with Gasteiger partial charge in [-0.15, -0.1) is 0 Å². The summed E-state index contributed by atoms with van der Waals surface area (Å²) in [6.07, 6.45) is -0.345. The first-order valence-corrected chi connectivity index (χ1v) is 14.9. The van der Waals surface area contributed by atoms with Gasteiger partial charge in [-0.3, -0.25) is 19.0 Å². The topological polar surface area (TPSA) is 96.3 Å². The number of carbonyl (C=O) groups excluding carboxylic acids is 2. The van der Waals surface area contributed by atoms with Gasteiger partial charge in [0.2, 0.25) is 11.8 Å². The highest BCUT2D eigenvalue weighted by Gasteiger charge is 2.31. The molecule has 222 valence electrons. The van der Waals surface area contributed by atoms with Gasteiger partial charge in [-0.05, 0) is 43.2 Å². The first-order chi connectivity index (χ1) is 20.2. The van der Waals surface area contributed by atoms with E-state index in [-0.39, 0.29) is 43.1 Å². The van der Waals surface area contributed by atoms with E-state index in [2.05, 4.69) is 10.6 Å². The number of amides is 2. The number of anilines is 1. The number of thioether (sulfide) groups is 1. The minimum atomic E-state index is -4.49. The van der Waals surface area contributed by atoms with E-state index in [1.54, 1.807) is 21.2 Å². The third-order valence-electron chi connectivity index (χ3n) is 7.41. The molecule has 0 spiro atoms. The molecule has 0 unspecified atom stereocenters. The summed E-state index contributed by atoms with van der Waals surface area (Å²) >= 11 is 1.65. The molecule has 0 radical (unpaired) electrons. The Morgan fingerprint density at radius 3 is 2.50 bits per heavy atom. The van der Waals surface area contributed by atoms with Crippen molar-refractivity contribution in [3.8, 4) is 5.69 Å². The zero-order valence-corrected chi connectivity index (χ0v) is 23.8. The number of nitrogens with zero attached hydrogens (tertiary/aromatic N) is 3. The molecule has 42 heavy (non-hydrogen) atoms. The highest BCUT2D eigenvalue weighted by atomic mass is 32.2. The van der Waals surface area contributed by atoms with Gasteiger partial charge in [0.25, 0.3) is 5.56 Å². The Hall–Kier alpha value is -3.64. The van der Waals surface area contributed by atoms with Gasteiger partial charge in [0.1, 0.15) is 0 Å². The number of benzene rings is 2. The molecule has 3 aromatic rings. The Balaban J connectivity index is 1.14. The largest absolute Gasteiger partial charge is 0.416 e. The normalized spacial score (nSPS) is 15.2. The van der Waals surface area contributed by atoms with Crippen LogP contribution in [0.4, 0.5) is 18.9 Å². The second kappa shape index (κ2) is 13.1. The Bertz CT molecular complexity index is 1490. The van der Waals surface area contributed by atoms with E-state index in [9.17, 15) is 27.6 Å². The lowest BCUT2D eigenvalue weighted by molar-refractivity contribution is -0.137. The summed E-state index contributed by atoms with van der Waals surface area (Å²) in [7, 11) is 0. The summed E-state index contributed by atoms with van der Waals surface area (Å²) < 4.78 is 40.3. The summed E-state index contributed by atoms with van der Waals surface area (Å²) in [4.78, 5) is 45.4. The highest BCUT2D eigenvalue weighted by molar-refractivity contribution is 7.99. The number of hydrogen-bond acceptors (Lipinski definition) is 6. The Morgan fingerprint density at radius 2 is 1.79 bits per heavy atom. The van der Waals surface area contributed by atoms with Gasteiger partial charge >= 0.3 is 6.18 Å². The van der Waals surface area contributed by atoms with Crippen molar-refractivity contribution >= 4 is 29.3 Å². The lowest BCUT2D eigenvalue weighted by atomic mass is 10.0. The molecule has 1 aromatic heterocycles. The summed E-state index contributed by atoms with van der Waals surface area (Å²) in [6.45, 7) is 1.25. The number of rotatable bonds is 10. The van der Waals surface area contributed by atoms with Crippen molar-refractivity contribution in [1.82, 2.24) is 19.8 Å². The number of para-hydroxylation sites is 1. The summed E-state index contributed by atoms with van der Waals surface area (Å²) in [6, 6.07) is 13.9. The van der Waals surface area contributed by atoms with Crippen molar-refractivity contribution in [3.05, 3.63) is 81.8 Å². The molecular formula is C30H32F3N5O3S. The maximum Gasteiger partial charge on any atom is 0.416 e. The number of hydrogen-bond donors (Lipinski definition) is 2. The quantitative estimate of drug-likeness (QED) is 0.257. The van der Waals surface area contributed by atoms with Crippen LogP contribution in [0.2, 0.25) is 0 Å². The molecule has 0 saturated heterocycles. The van der Waals surface area contributed by atoms with Crippen molar-refractivity contribution in [1.29, 1.82) is 0 Å². The zero-order chi connectivity index (χ0) is 29.7. The number of carbonyl (C=O) groups is 2. The van der Waals surface area contributed by atoms with Crippen LogP contribution in [-0.2, 0) is 28.7 Å². The number of nitrogens with one attached hydrogen (secondary N) is 2. The maximum atomic E-state index is 13.7. The molecule has 2 amide bonds. The Morgan fingerprint density at radius 1 is 1.02 bits per heavy atom. The standard InChI is InChI=1S/C30H32F3N5O3S/c31-30(32,33)20-6-4-7-21(18-20)35-26(39)12-15-34-16-13-27(40)37-17-14-25-24(19-37)28(41)38(22-8-2-1-3-9-22)29(36-25)42-23-10-5-11-23/h1-4,6-9,18,23,34H,5,10-17,19H2,(H,35,39). The fraction of sp³-hybridized carbons (Fsp3) is 0.400. The molecule has 1 aliphatic heterocycles. The molecule has 8 nitrogen and oxygen atoms in total. The van der Waals surface area contributed by atoms with E-state index < -0.39 is 17.6 Å². The van der Waals surface area contributed by atoms with E-state index in [0.717, 1.165) is 36.4 Å². The summed E-state index contributed by atoms with van der Waals surface area (Å²) in [5, 5.41) is 6.67. The van der Waals surface area contributed by atoms with Crippen LogP contribution in [0.15, 0.2) is 64.5 Å². The van der Waals surface area contributed by atoms with Gasteiger partial charge in [0.15, 0.2) is 5.16 Å². The fourth-order valence-corrected chi connectivity index (χ4v) is 6.19. The molecule has 2 aromatic carbocycles. The van der Waals surface area contributed by atoms with Crippen molar-refractivity contribution in [3.63, 3.8) is 0 Å². The van der Waals surface area contributed by atoms with E-state index in [1.165, 1.54) is 18.6 Å².